The average molecular weight is 372 g/mol. The van der Waals surface area contributed by atoms with Crippen LogP contribution < -0.4 is 5.32 Å². The van der Waals surface area contributed by atoms with Crippen LogP contribution in [0.5, 0.6) is 0 Å². The van der Waals surface area contributed by atoms with Crippen molar-refractivity contribution in [1.82, 2.24) is 15.3 Å². The molecule has 0 saturated heterocycles. The Morgan fingerprint density at radius 3 is 2.80 bits per heavy atom. The van der Waals surface area contributed by atoms with Gasteiger partial charge in [0.15, 0.2) is 0 Å². The SMILES string of the molecule is CC[C@@H](CNC(=O)[C@@H](C)Sc1ncnc2sccc12)c1ccccc1. The molecule has 1 amide bonds. The number of amides is 1. The fraction of sp³-hybridized carbons (Fsp3) is 0.316. The maximum absolute atomic E-state index is 12.5. The Balaban J connectivity index is 1.60. The highest BCUT2D eigenvalue weighted by molar-refractivity contribution is 8.00. The predicted octanol–water partition coefficient (Wildman–Crippen LogP) is 4.48. The number of hydrogen-bond acceptors (Lipinski definition) is 5. The summed E-state index contributed by atoms with van der Waals surface area (Å²) in [6.07, 6.45) is 2.56. The number of carbonyl (C=O) groups excluding carboxylic acids is 1. The number of nitrogens with zero attached hydrogens (tertiary/aromatic N) is 2. The second-order valence-corrected chi connectivity index (χ2v) is 8.06. The highest BCUT2D eigenvalue weighted by atomic mass is 32.2. The van der Waals surface area contributed by atoms with Crippen LogP contribution in [-0.2, 0) is 4.79 Å². The molecule has 0 fully saturated rings. The van der Waals surface area contributed by atoms with E-state index in [1.807, 2.05) is 36.6 Å². The first-order valence-electron chi connectivity index (χ1n) is 8.36. The third-order valence-electron chi connectivity index (χ3n) is 4.17. The minimum atomic E-state index is -0.203. The number of rotatable bonds is 7. The van der Waals surface area contributed by atoms with Gasteiger partial charge >= 0.3 is 0 Å². The monoisotopic (exact) mass is 371 g/mol. The summed E-state index contributed by atoms with van der Waals surface area (Å²) in [5.41, 5.74) is 1.27. The van der Waals surface area contributed by atoms with Gasteiger partial charge in [-0.15, -0.1) is 11.3 Å². The molecule has 3 rings (SSSR count). The van der Waals surface area contributed by atoms with Crippen LogP contribution in [0.1, 0.15) is 31.7 Å². The Bertz CT molecular complexity index is 835. The van der Waals surface area contributed by atoms with Gasteiger partial charge in [0.1, 0.15) is 16.2 Å². The zero-order valence-corrected chi connectivity index (χ0v) is 15.9. The molecule has 4 nitrogen and oxygen atoms in total. The number of nitrogens with one attached hydrogen (secondary N) is 1. The minimum absolute atomic E-state index is 0.0429. The van der Waals surface area contributed by atoms with E-state index in [0.29, 0.717) is 12.5 Å². The molecule has 0 radical (unpaired) electrons. The topological polar surface area (TPSA) is 54.9 Å². The number of aromatic nitrogens is 2. The normalized spacial score (nSPS) is 13.5. The largest absolute Gasteiger partial charge is 0.355 e. The molecule has 2 atom stereocenters. The van der Waals surface area contributed by atoms with Gasteiger partial charge in [0.2, 0.25) is 5.91 Å². The molecule has 0 aliphatic heterocycles. The van der Waals surface area contributed by atoms with E-state index >= 15 is 0 Å². The van der Waals surface area contributed by atoms with Gasteiger partial charge in [0, 0.05) is 17.8 Å². The summed E-state index contributed by atoms with van der Waals surface area (Å²) in [5, 5.41) is 6.78. The molecular weight excluding hydrogens is 350 g/mol. The van der Waals surface area contributed by atoms with Gasteiger partial charge in [-0.05, 0) is 30.4 Å². The minimum Gasteiger partial charge on any atom is -0.355 e. The third-order valence-corrected chi connectivity index (χ3v) is 6.11. The van der Waals surface area contributed by atoms with Crippen molar-refractivity contribution >= 4 is 39.2 Å². The molecule has 6 heteroatoms. The molecule has 1 aromatic carbocycles. The van der Waals surface area contributed by atoms with Crippen LogP contribution >= 0.6 is 23.1 Å². The lowest BCUT2D eigenvalue weighted by atomic mass is 9.96. The highest BCUT2D eigenvalue weighted by Crippen LogP contribution is 2.30. The second kappa shape index (κ2) is 8.45. The van der Waals surface area contributed by atoms with Crippen molar-refractivity contribution in [3.8, 4) is 0 Å². The number of thioether (sulfide) groups is 1. The molecule has 0 bridgehead atoms. The number of hydrogen-bond donors (Lipinski definition) is 1. The molecule has 3 aromatic rings. The van der Waals surface area contributed by atoms with Crippen molar-refractivity contribution in [2.75, 3.05) is 6.54 Å². The molecule has 0 unspecified atom stereocenters. The van der Waals surface area contributed by atoms with Crippen LogP contribution in [-0.4, -0.2) is 27.7 Å². The zero-order chi connectivity index (χ0) is 17.6. The van der Waals surface area contributed by atoms with E-state index in [1.165, 1.54) is 17.3 Å². The van der Waals surface area contributed by atoms with Crippen LogP contribution in [0.15, 0.2) is 53.1 Å². The lowest BCUT2D eigenvalue weighted by Crippen LogP contribution is -2.34. The number of fused-ring (bicyclic) bond motifs is 1. The Labute approximate surface area is 156 Å². The van der Waals surface area contributed by atoms with Crippen molar-refractivity contribution in [3.05, 3.63) is 53.7 Å². The standard InChI is InChI=1S/C19H21N3OS2/c1-3-14(15-7-5-4-6-8-15)11-20-17(23)13(2)25-19-16-9-10-24-18(16)21-12-22-19/h4-10,12-14H,3,11H2,1-2H3,(H,20,23)/t13-,14+/m1/s1. The van der Waals surface area contributed by atoms with Crippen molar-refractivity contribution < 1.29 is 4.79 Å². The smallest absolute Gasteiger partial charge is 0.233 e. The molecular formula is C19H21N3OS2. The van der Waals surface area contributed by atoms with E-state index in [-0.39, 0.29) is 11.2 Å². The van der Waals surface area contributed by atoms with Crippen molar-refractivity contribution in [3.63, 3.8) is 0 Å². The Kier molecular flexibility index (Phi) is 6.04. The Morgan fingerprint density at radius 1 is 1.24 bits per heavy atom. The van der Waals surface area contributed by atoms with E-state index in [0.717, 1.165) is 21.7 Å². The average Bonchev–Trinajstić information content (AvgIpc) is 3.12. The summed E-state index contributed by atoms with van der Waals surface area (Å²) < 4.78 is 0. The first-order valence-corrected chi connectivity index (χ1v) is 10.1. The summed E-state index contributed by atoms with van der Waals surface area (Å²) in [6, 6.07) is 12.3. The zero-order valence-electron chi connectivity index (χ0n) is 14.3. The highest BCUT2D eigenvalue weighted by Gasteiger charge is 2.18. The van der Waals surface area contributed by atoms with Gasteiger partial charge in [0.05, 0.1) is 5.25 Å². The van der Waals surface area contributed by atoms with Crippen LogP contribution in [0, 0.1) is 0 Å². The summed E-state index contributed by atoms with van der Waals surface area (Å²) in [5.74, 6) is 0.381. The summed E-state index contributed by atoms with van der Waals surface area (Å²) in [4.78, 5) is 22.0. The lowest BCUT2D eigenvalue weighted by Gasteiger charge is -2.18. The molecule has 25 heavy (non-hydrogen) atoms. The molecule has 0 aliphatic carbocycles. The summed E-state index contributed by atoms with van der Waals surface area (Å²) in [6.45, 7) is 4.72. The molecule has 0 aliphatic rings. The first kappa shape index (κ1) is 17.9. The molecule has 2 aromatic heterocycles. The predicted molar refractivity (Wildman–Crippen MR) is 105 cm³/mol. The number of carbonyl (C=O) groups is 1. The van der Waals surface area contributed by atoms with E-state index in [9.17, 15) is 4.79 Å². The van der Waals surface area contributed by atoms with Crippen LogP contribution in [0.25, 0.3) is 10.2 Å². The van der Waals surface area contributed by atoms with Gasteiger partial charge in [-0.25, -0.2) is 9.97 Å². The van der Waals surface area contributed by atoms with Gasteiger partial charge in [-0.3, -0.25) is 4.79 Å². The van der Waals surface area contributed by atoms with E-state index in [1.54, 1.807) is 17.7 Å². The fourth-order valence-corrected chi connectivity index (χ4v) is 4.40. The van der Waals surface area contributed by atoms with Crippen molar-refractivity contribution in [1.29, 1.82) is 0 Å². The number of benzene rings is 1. The maximum atomic E-state index is 12.5. The molecule has 0 spiro atoms. The first-order chi connectivity index (χ1) is 12.2. The lowest BCUT2D eigenvalue weighted by molar-refractivity contribution is -0.120. The molecule has 1 N–H and O–H groups in total. The van der Waals surface area contributed by atoms with E-state index < -0.39 is 0 Å². The van der Waals surface area contributed by atoms with E-state index in [2.05, 4.69) is 34.3 Å². The fourth-order valence-electron chi connectivity index (χ4n) is 2.67. The number of thiophene rings is 1. The summed E-state index contributed by atoms with van der Waals surface area (Å²) in [7, 11) is 0. The van der Waals surface area contributed by atoms with E-state index in [4.69, 9.17) is 0 Å². The van der Waals surface area contributed by atoms with Gasteiger partial charge < -0.3 is 5.32 Å². The Hall–Kier alpha value is -1.92. The van der Waals surface area contributed by atoms with Crippen molar-refractivity contribution in [2.45, 2.75) is 36.5 Å². The summed E-state index contributed by atoms with van der Waals surface area (Å²) >= 11 is 3.07. The maximum Gasteiger partial charge on any atom is 0.233 e. The van der Waals surface area contributed by atoms with Crippen molar-refractivity contribution in [2.24, 2.45) is 0 Å². The third kappa shape index (κ3) is 4.38. The molecule has 2 heterocycles. The van der Waals surface area contributed by atoms with Gasteiger partial charge in [-0.2, -0.15) is 0 Å². The van der Waals surface area contributed by atoms with Crippen LogP contribution in [0.4, 0.5) is 0 Å². The Morgan fingerprint density at radius 2 is 2.04 bits per heavy atom. The molecule has 0 saturated carbocycles. The quantitative estimate of drug-likeness (QED) is 0.491. The molecule has 130 valence electrons. The van der Waals surface area contributed by atoms with Crippen LogP contribution in [0.2, 0.25) is 0 Å². The van der Waals surface area contributed by atoms with Gasteiger partial charge in [-0.1, -0.05) is 49.0 Å². The van der Waals surface area contributed by atoms with Gasteiger partial charge in [0.25, 0.3) is 0 Å². The second-order valence-electron chi connectivity index (χ2n) is 5.84. The van der Waals surface area contributed by atoms with Crippen LogP contribution in [0.3, 0.4) is 0 Å².